The van der Waals surface area contributed by atoms with E-state index in [9.17, 15) is 24.8 Å². The van der Waals surface area contributed by atoms with Gasteiger partial charge in [0.05, 0.1) is 17.0 Å². The van der Waals surface area contributed by atoms with Gasteiger partial charge in [0.25, 0.3) is 11.5 Å². The Labute approximate surface area is 192 Å². The number of pyridine rings is 1. The number of amides is 1. The van der Waals surface area contributed by atoms with E-state index < -0.39 is 29.7 Å². The number of ketones is 1. The number of carbonyl (C=O) groups excluding carboxylic acids is 2. The van der Waals surface area contributed by atoms with Crippen molar-refractivity contribution in [3.05, 3.63) is 54.3 Å². The molecule has 2 aromatic rings. The van der Waals surface area contributed by atoms with Crippen molar-refractivity contribution in [2.75, 3.05) is 6.54 Å². The summed E-state index contributed by atoms with van der Waals surface area (Å²) in [6.07, 6.45) is 3.07. The number of hydrogen-bond donors (Lipinski definition) is 1. The fourth-order valence-corrected chi connectivity index (χ4v) is 5.15. The van der Waals surface area contributed by atoms with Crippen LogP contribution < -0.4 is 5.56 Å². The molecule has 0 saturated carbocycles. The molecule has 0 radical (unpaired) electrons. The molecule has 10 heteroatoms. The predicted octanol–water partition coefficient (Wildman–Crippen LogP) is 3.68. The number of hydrogen-bond acceptors (Lipinski definition) is 8. The highest BCUT2D eigenvalue weighted by atomic mass is 32.2. The molecule has 0 aromatic carbocycles. The highest BCUT2D eigenvalue weighted by Crippen LogP contribution is 2.34. The first-order valence-corrected chi connectivity index (χ1v) is 11.6. The van der Waals surface area contributed by atoms with Crippen LogP contribution in [-0.2, 0) is 11.3 Å². The Morgan fingerprint density at radius 3 is 2.74 bits per heavy atom. The average molecular weight is 474 g/mol. The third-order valence-corrected chi connectivity index (χ3v) is 7.00. The molecule has 1 aliphatic rings. The monoisotopic (exact) mass is 473 g/mol. The molecular formula is C21H19N3O4S3. The molecule has 3 heterocycles. The second kappa shape index (κ2) is 9.60. The van der Waals surface area contributed by atoms with Gasteiger partial charge >= 0.3 is 0 Å². The Bertz CT molecular complexity index is 1190. The topological polar surface area (TPSA) is 103 Å². The molecule has 31 heavy (non-hydrogen) atoms. The third-order valence-electron chi connectivity index (χ3n) is 4.81. The Hall–Kier alpha value is -2.74. The van der Waals surface area contributed by atoms with Crippen LogP contribution >= 0.6 is 35.3 Å². The molecule has 1 amide bonds. The smallest absolute Gasteiger partial charge is 0.271 e. The van der Waals surface area contributed by atoms with Crippen molar-refractivity contribution in [1.82, 2.24) is 9.47 Å². The van der Waals surface area contributed by atoms with Crippen molar-refractivity contribution in [1.29, 1.82) is 5.26 Å². The van der Waals surface area contributed by atoms with Crippen molar-refractivity contribution < 1.29 is 14.7 Å². The van der Waals surface area contributed by atoms with Gasteiger partial charge in [0.1, 0.15) is 16.0 Å². The molecule has 1 fully saturated rings. The Kier molecular flexibility index (Phi) is 7.10. The molecular weight excluding hydrogens is 454 g/mol. The quantitative estimate of drug-likeness (QED) is 0.372. The molecule has 7 nitrogen and oxygen atoms in total. The lowest BCUT2D eigenvalue weighted by molar-refractivity contribution is -0.121. The van der Waals surface area contributed by atoms with E-state index in [2.05, 4.69) is 0 Å². The summed E-state index contributed by atoms with van der Waals surface area (Å²) in [6.45, 7) is 3.16. The highest BCUT2D eigenvalue weighted by molar-refractivity contribution is 8.26. The SMILES string of the molecule is CCCCn1c(O)c(C(=O)CN2C(=O)/C(=C/c3cccs3)SC2=S)c(C)c(C#N)c1=O. The normalized spacial score (nSPS) is 15.0. The zero-order valence-electron chi connectivity index (χ0n) is 16.9. The molecule has 1 aliphatic heterocycles. The van der Waals surface area contributed by atoms with E-state index in [1.807, 2.05) is 30.5 Å². The zero-order valence-corrected chi connectivity index (χ0v) is 19.3. The van der Waals surface area contributed by atoms with Crippen LogP contribution in [0.5, 0.6) is 5.88 Å². The number of thiocarbonyl (C=S) groups is 1. The number of aromatic hydroxyl groups is 1. The van der Waals surface area contributed by atoms with Crippen LogP contribution in [0.1, 0.15) is 46.1 Å². The maximum atomic E-state index is 13.1. The van der Waals surface area contributed by atoms with Gasteiger partial charge in [-0.05, 0) is 36.4 Å². The van der Waals surface area contributed by atoms with E-state index >= 15 is 0 Å². The first kappa shape index (κ1) is 22.9. The first-order valence-electron chi connectivity index (χ1n) is 9.48. The second-order valence-electron chi connectivity index (χ2n) is 6.83. The number of Topliss-reactive ketones (excluding diaryl/α,β-unsaturated/α-hetero) is 1. The number of thiophene rings is 1. The van der Waals surface area contributed by atoms with Gasteiger partial charge in [-0.3, -0.25) is 23.9 Å². The lowest BCUT2D eigenvalue weighted by Crippen LogP contribution is -2.35. The van der Waals surface area contributed by atoms with E-state index in [4.69, 9.17) is 12.2 Å². The van der Waals surface area contributed by atoms with Crippen LogP contribution in [0.15, 0.2) is 27.2 Å². The fourth-order valence-electron chi connectivity index (χ4n) is 3.17. The Balaban J connectivity index is 1.95. The standard InChI is InChI=1S/C21H19N3O4S3/c1-3-4-7-23-18(26)14(10-22)12(2)17(20(23)28)15(25)11-24-19(27)16(31-21(24)29)9-13-6-5-8-30-13/h5-6,8-9,28H,3-4,7,11H2,1-2H3/b16-9-. The molecule has 1 saturated heterocycles. The minimum absolute atomic E-state index is 0.0994. The number of nitriles is 1. The molecule has 0 spiro atoms. The van der Waals surface area contributed by atoms with Gasteiger partial charge in [-0.1, -0.05) is 43.4 Å². The van der Waals surface area contributed by atoms with Crippen LogP contribution in [0.3, 0.4) is 0 Å². The lowest BCUT2D eigenvalue weighted by atomic mass is 10.0. The van der Waals surface area contributed by atoms with E-state index in [0.29, 0.717) is 11.3 Å². The van der Waals surface area contributed by atoms with Gasteiger partial charge in [0.15, 0.2) is 5.78 Å². The number of carbonyl (C=O) groups is 2. The van der Waals surface area contributed by atoms with E-state index in [1.165, 1.54) is 23.2 Å². The summed E-state index contributed by atoms with van der Waals surface area (Å²) in [6, 6.07) is 5.57. The lowest BCUT2D eigenvalue weighted by Gasteiger charge is -2.18. The molecule has 1 N–H and O–H groups in total. The second-order valence-corrected chi connectivity index (χ2v) is 9.48. The molecule has 160 valence electrons. The minimum atomic E-state index is -0.632. The summed E-state index contributed by atoms with van der Waals surface area (Å²) in [7, 11) is 0. The van der Waals surface area contributed by atoms with Crippen LogP contribution in [-0.4, -0.2) is 37.1 Å². The number of rotatable bonds is 7. The molecule has 2 aromatic heterocycles. The van der Waals surface area contributed by atoms with Gasteiger partial charge in [-0.25, -0.2) is 0 Å². The number of aromatic nitrogens is 1. The maximum absolute atomic E-state index is 13.1. The van der Waals surface area contributed by atoms with Crippen molar-refractivity contribution >= 4 is 57.4 Å². The summed E-state index contributed by atoms with van der Waals surface area (Å²) in [5.41, 5.74) is -0.863. The van der Waals surface area contributed by atoms with Gasteiger partial charge in [-0.15, -0.1) is 11.3 Å². The summed E-state index contributed by atoms with van der Waals surface area (Å²) in [5, 5.41) is 22.0. The van der Waals surface area contributed by atoms with E-state index in [-0.39, 0.29) is 27.6 Å². The zero-order chi connectivity index (χ0) is 22.7. The molecule has 0 bridgehead atoms. The predicted molar refractivity (Wildman–Crippen MR) is 125 cm³/mol. The molecule has 0 unspecified atom stereocenters. The highest BCUT2D eigenvalue weighted by Gasteiger charge is 2.35. The van der Waals surface area contributed by atoms with Gasteiger partial charge in [-0.2, -0.15) is 5.26 Å². The fraction of sp³-hybridized carbons (Fsp3) is 0.286. The van der Waals surface area contributed by atoms with E-state index in [0.717, 1.165) is 27.6 Å². The van der Waals surface area contributed by atoms with Crippen LogP contribution in [0.2, 0.25) is 0 Å². The van der Waals surface area contributed by atoms with Crippen molar-refractivity contribution in [3.8, 4) is 11.9 Å². The summed E-state index contributed by atoms with van der Waals surface area (Å²) < 4.78 is 1.28. The van der Waals surface area contributed by atoms with Crippen molar-refractivity contribution in [3.63, 3.8) is 0 Å². The van der Waals surface area contributed by atoms with E-state index in [1.54, 1.807) is 6.08 Å². The number of nitrogens with zero attached hydrogens (tertiary/aromatic N) is 3. The Morgan fingerprint density at radius 2 is 2.13 bits per heavy atom. The van der Waals surface area contributed by atoms with Crippen LogP contribution in [0, 0.1) is 18.3 Å². The molecule has 0 aliphatic carbocycles. The van der Waals surface area contributed by atoms with Crippen LogP contribution in [0.25, 0.3) is 6.08 Å². The summed E-state index contributed by atoms with van der Waals surface area (Å²) in [5.74, 6) is -1.47. The summed E-state index contributed by atoms with van der Waals surface area (Å²) in [4.78, 5) is 40.9. The largest absolute Gasteiger partial charge is 0.494 e. The molecule has 3 rings (SSSR count). The molecule has 0 atom stereocenters. The minimum Gasteiger partial charge on any atom is -0.494 e. The number of unbranched alkanes of at least 4 members (excludes halogenated alkanes) is 1. The van der Waals surface area contributed by atoms with Gasteiger partial charge < -0.3 is 5.11 Å². The van der Waals surface area contributed by atoms with Gasteiger partial charge in [0, 0.05) is 11.4 Å². The summed E-state index contributed by atoms with van der Waals surface area (Å²) >= 11 is 7.86. The van der Waals surface area contributed by atoms with Gasteiger partial charge in [0.2, 0.25) is 5.88 Å². The van der Waals surface area contributed by atoms with Crippen LogP contribution in [0.4, 0.5) is 0 Å². The average Bonchev–Trinajstić information content (AvgIpc) is 3.32. The Morgan fingerprint density at radius 1 is 1.39 bits per heavy atom. The number of thioether (sulfide) groups is 1. The van der Waals surface area contributed by atoms with Crippen molar-refractivity contribution in [2.24, 2.45) is 0 Å². The van der Waals surface area contributed by atoms with Crippen molar-refractivity contribution in [2.45, 2.75) is 33.2 Å². The third kappa shape index (κ3) is 4.49. The maximum Gasteiger partial charge on any atom is 0.271 e. The first-order chi connectivity index (χ1) is 14.8.